The van der Waals surface area contributed by atoms with E-state index >= 15 is 0 Å². The van der Waals surface area contributed by atoms with Crippen LogP contribution >= 0.6 is 0 Å². The number of nitrogens with one attached hydrogen (secondary N) is 1. The highest BCUT2D eigenvalue weighted by Crippen LogP contribution is 2.19. The largest absolute Gasteiger partial charge is 0.366 e. The second-order valence-corrected chi connectivity index (χ2v) is 4.81. The average molecular weight is 279 g/mol. The van der Waals surface area contributed by atoms with Gasteiger partial charge in [0.1, 0.15) is 0 Å². The van der Waals surface area contributed by atoms with E-state index in [-0.39, 0.29) is 6.54 Å². The molecule has 1 atom stereocenters. The summed E-state index contributed by atoms with van der Waals surface area (Å²) in [6.45, 7) is 0.650. The van der Waals surface area contributed by atoms with Crippen LogP contribution in [-0.4, -0.2) is 43.4 Å². The summed E-state index contributed by atoms with van der Waals surface area (Å²) in [6, 6.07) is 4.13. The predicted molar refractivity (Wildman–Crippen MR) is 78.0 cm³/mol. The van der Waals surface area contributed by atoms with Gasteiger partial charge in [-0.3, -0.25) is 9.59 Å². The Morgan fingerprint density at radius 1 is 1.35 bits per heavy atom. The van der Waals surface area contributed by atoms with Crippen molar-refractivity contribution in [3.63, 3.8) is 0 Å². The summed E-state index contributed by atoms with van der Waals surface area (Å²) in [5.74, 6) is -0.950. The van der Waals surface area contributed by atoms with Crippen molar-refractivity contribution in [3.8, 4) is 0 Å². The van der Waals surface area contributed by atoms with Gasteiger partial charge < -0.3 is 27.4 Å². The fourth-order valence-electron chi connectivity index (χ4n) is 1.66. The number of hydrogen-bond donors (Lipinski definition) is 4. The maximum Gasteiger partial charge on any atom is 0.248 e. The molecule has 0 aliphatic carbocycles. The maximum atomic E-state index is 11.8. The molecule has 20 heavy (non-hydrogen) atoms. The summed E-state index contributed by atoms with van der Waals surface area (Å²) in [5.41, 5.74) is 17.9. The molecule has 0 heterocycles. The Labute approximate surface area is 118 Å². The summed E-state index contributed by atoms with van der Waals surface area (Å²) in [6.07, 6.45) is 0. The SMILES string of the molecule is CN(C)Cc1ccc(C(N)=O)cc1NC(=O)[C@@H](N)CN. The first-order chi connectivity index (χ1) is 9.35. The molecule has 7 N–H and O–H groups in total. The summed E-state index contributed by atoms with van der Waals surface area (Å²) < 4.78 is 0. The van der Waals surface area contributed by atoms with Crippen LogP contribution in [0, 0.1) is 0 Å². The van der Waals surface area contributed by atoms with Crippen molar-refractivity contribution >= 4 is 17.5 Å². The zero-order valence-electron chi connectivity index (χ0n) is 11.7. The number of carbonyl (C=O) groups is 2. The van der Waals surface area contributed by atoms with Crippen LogP contribution in [0.5, 0.6) is 0 Å². The first kappa shape index (κ1) is 16.1. The number of rotatable bonds is 6. The van der Waals surface area contributed by atoms with E-state index in [2.05, 4.69) is 5.32 Å². The number of benzene rings is 1. The lowest BCUT2D eigenvalue weighted by Crippen LogP contribution is -2.41. The summed E-state index contributed by atoms with van der Waals surface area (Å²) in [7, 11) is 3.80. The zero-order chi connectivity index (χ0) is 15.3. The Kier molecular flexibility index (Phi) is 5.63. The Hall–Kier alpha value is -1.96. The number of carbonyl (C=O) groups excluding carboxylic acids is 2. The molecule has 0 aliphatic heterocycles. The van der Waals surface area contributed by atoms with Crippen LogP contribution in [-0.2, 0) is 11.3 Å². The highest BCUT2D eigenvalue weighted by molar-refractivity contribution is 5.98. The molecule has 0 saturated heterocycles. The van der Waals surface area contributed by atoms with E-state index in [1.165, 1.54) is 0 Å². The second kappa shape index (κ2) is 6.99. The molecule has 0 saturated carbocycles. The van der Waals surface area contributed by atoms with Gasteiger partial charge in [0.05, 0.1) is 6.04 Å². The van der Waals surface area contributed by atoms with Gasteiger partial charge in [-0.05, 0) is 31.8 Å². The molecule has 0 spiro atoms. The van der Waals surface area contributed by atoms with E-state index in [0.717, 1.165) is 5.56 Å². The van der Waals surface area contributed by atoms with Crippen LogP contribution in [0.1, 0.15) is 15.9 Å². The van der Waals surface area contributed by atoms with Gasteiger partial charge in [0.15, 0.2) is 0 Å². The molecule has 0 aliphatic rings. The molecule has 2 amide bonds. The fourth-order valence-corrected chi connectivity index (χ4v) is 1.66. The predicted octanol–water partition coefficient (Wildman–Crippen LogP) is -0.928. The van der Waals surface area contributed by atoms with Crippen LogP contribution in [0.4, 0.5) is 5.69 Å². The van der Waals surface area contributed by atoms with Crippen molar-refractivity contribution in [2.45, 2.75) is 12.6 Å². The van der Waals surface area contributed by atoms with E-state index in [0.29, 0.717) is 17.8 Å². The number of anilines is 1. The Bertz CT molecular complexity index is 502. The standard InChI is InChI=1S/C13H21N5O2/c1-18(2)7-9-4-3-8(12(16)19)5-11(9)17-13(20)10(15)6-14/h3-5,10H,6-7,14-15H2,1-2H3,(H2,16,19)(H,17,20)/t10-/m0/s1. The number of nitrogens with zero attached hydrogens (tertiary/aromatic N) is 1. The smallest absolute Gasteiger partial charge is 0.248 e. The summed E-state index contributed by atoms with van der Waals surface area (Å²) in [4.78, 5) is 25.0. The first-order valence-corrected chi connectivity index (χ1v) is 6.19. The van der Waals surface area contributed by atoms with Crippen LogP contribution in [0.2, 0.25) is 0 Å². The molecule has 1 aromatic rings. The number of hydrogen-bond acceptors (Lipinski definition) is 5. The van der Waals surface area contributed by atoms with Gasteiger partial charge in [-0.2, -0.15) is 0 Å². The van der Waals surface area contributed by atoms with Gasteiger partial charge in [-0.25, -0.2) is 0 Å². The molecule has 0 fully saturated rings. The molecule has 7 heteroatoms. The van der Waals surface area contributed by atoms with Crippen molar-refractivity contribution < 1.29 is 9.59 Å². The van der Waals surface area contributed by atoms with E-state index in [1.807, 2.05) is 19.0 Å². The minimum absolute atomic E-state index is 0.0460. The van der Waals surface area contributed by atoms with Gasteiger partial charge >= 0.3 is 0 Å². The van der Waals surface area contributed by atoms with Gasteiger partial charge in [-0.1, -0.05) is 6.07 Å². The van der Waals surface area contributed by atoms with E-state index in [4.69, 9.17) is 17.2 Å². The lowest BCUT2D eigenvalue weighted by atomic mass is 10.1. The van der Waals surface area contributed by atoms with Gasteiger partial charge in [0, 0.05) is 24.3 Å². The average Bonchev–Trinajstić information content (AvgIpc) is 2.38. The molecule has 7 nitrogen and oxygen atoms in total. The molecular formula is C13H21N5O2. The highest BCUT2D eigenvalue weighted by Gasteiger charge is 2.15. The van der Waals surface area contributed by atoms with Crippen LogP contribution in [0.25, 0.3) is 0 Å². The molecule has 1 aromatic carbocycles. The Morgan fingerprint density at radius 3 is 2.50 bits per heavy atom. The van der Waals surface area contributed by atoms with Crippen molar-refractivity contribution in [2.75, 3.05) is 26.0 Å². The Morgan fingerprint density at radius 2 is 2.00 bits per heavy atom. The lowest BCUT2D eigenvalue weighted by Gasteiger charge is -2.17. The maximum absolute atomic E-state index is 11.8. The number of primary amides is 1. The van der Waals surface area contributed by atoms with Gasteiger partial charge in [-0.15, -0.1) is 0 Å². The lowest BCUT2D eigenvalue weighted by molar-refractivity contribution is -0.117. The molecule has 0 unspecified atom stereocenters. The monoisotopic (exact) mass is 279 g/mol. The number of nitrogens with two attached hydrogens (primary N) is 3. The van der Waals surface area contributed by atoms with Crippen molar-refractivity contribution in [1.29, 1.82) is 0 Å². The topological polar surface area (TPSA) is 127 Å². The van der Waals surface area contributed by atoms with Gasteiger partial charge in [0.2, 0.25) is 11.8 Å². The van der Waals surface area contributed by atoms with Gasteiger partial charge in [0.25, 0.3) is 0 Å². The summed E-state index contributed by atoms with van der Waals surface area (Å²) >= 11 is 0. The third-order valence-corrected chi connectivity index (χ3v) is 2.73. The third-order valence-electron chi connectivity index (χ3n) is 2.73. The molecule has 0 bridgehead atoms. The van der Waals surface area contributed by atoms with E-state index in [9.17, 15) is 9.59 Å². The van der Waals surface area contributed by atoms with Crippen molar-refractivity contribution in [2.24, 2.45) is 17.2 Å². The zero-order valence-corrected chi connectivity index (χ0v) is 11.7. The van der Waals surface area contributed by atoms with Crippen LogP contribution < -0.4 is 22.5 Å². The molecule has 0 aromatic heterocycles. The normalized spacial score (nSPS) is 12.2. The minimum Gasteiger partial charge on any atom is -0.366 e. The molecule has 110 valence electrons. The number of amides is 2. The highest BCUT2D eigenvalue weighted by atomic mass is 16.2. The Balaban J connectivity index is 3.07. The minimum atomic E-state index is -0.792. The van der Waals surface area contributed by atoms with Crippen molar-refractivity contribution in [1.82, 2.24) is 4.90 Å². The second-order valence-electron chi connectivity index (χ2n) is 4.81. The van der Waals surface area contributed by atoms with Crippen molar-refractivity contribution in [3.05, 3.63) is 29.3 Å². The van der Waals surface area contributed by atoms with Crippen LogP contribution in [0.3, 0.4) is 0 Å². The van der Waals surface area contributed by atoms with Crippen LogP contribution in [0.15, 0.2) is 18.2 Å². The molecule has 0 radical (unpaired) electrons. The fraction of sp³-hybridized carbons (Fsp3) is 0.385. The van der Waals surface area contributed by atoms with E-state index in [1.54, 1.807) is 18.2 Å². The summed E-state index contributed by atoms with van der Waals surface area (Å²) in [5, 5.41) is 2.68. The third kappa shape index (κ3) is 4.30. The van der Waals surface area contributed by atoms with E-state index < -0.39 is 17.9 Å². The first-order valence-electron chi connectivity index (χ1n) is 6.19. The quantitative estimate of drug-likeness (QED) is 0.535. The molecule has 1 rings (SSSR count). The molecular weight excluding hydrogens is 258 g/mol.